The summed E-state index contributed by atoms with van der Waals surface area (Å²) in [5.74, 6) is 0.0658. The van der Waals surface area contributed by atoms with E-state index in [1.54, 1.807) is 13.2 Å². The summed E-state index contributed by atoms with van der Waals surface area (Å²) in [5, 5.41) is 12.9. The summed E-state index contributed by atoms with van der Waals surface area (Å²) < 4.78 is 5.24. The summed E-state index contributed by atoms with van der Waals surface area (Å²) in [4.78, 5) is 24.7. The molecule has 0 saturated heterocycles. The Morgan fingerprint density at radius 1 is 1.14 bits per heavy atom. The second-order valence-corrected chi connectivity index (χ2v) is 6.59. The highest BCUT2D eigenvalue weighted by molar-refractivity contribution is 6.01. The van der Waals surface area contributed by atoms with Gasteiger partial charge in [-0.3, -0.25) is 14.7 Å². The molecule has 2 aromatic carbocycles. The molecule has 2 heterocycles. The molecule has 0 saturated carbocycles. The zero-order chi connectivity index (χ0) is 19.5. The molecule has 1 aliphatic rings. The third-order valence-electron chi connectivity index (χ3n) is 4.73. The maximum atomic E-state index is 12.7. The van der Waals surface area contributed by atoms with Gasteiger partial charge in [0.15, 0.2) is 5.82 Å². The van der Waals surface area contributed by atoms with Crippen molar-refractivity contribution < 1.29 is 14.3 Å². The van der Waals surface area contributed by atoms with Gasteiger partial charge in [0.2, 0.25) is 5.91 Å². The van der Waals surface area contributed by atoms with Gasteiger partial charge >= 0.3 is 0 Å². The number of carbonyl (C=O) groups is 2. The number of benzene rings is 2. The van der Waals surface area contributed by atoms with Crippen molar-refractivity contribution in [1.82, 2.24) is 15.5 Å². The topological polar surface area (TPSA) is 96.1 Å². The molecule has 4 rings (SSSR count). The number of fused-ring (bicyclic) bond motifs is 1. The van der Waals surface area contributed by atoms with E-state index in [0.29, 0.717) is 18.0 Å². The van der Waals surface area contributed by atoms with Gasteiger partial charge in [0.1, 0.15) is 0 Å². The number of hydrogen-bond donors (Lipinski definition) is 3. The average molecular weight is 376 g/mol. The molecule has 0 fully saturated rings. The molecule has 1 atom stereocenters. The van der Waals surface area contributed by atoms with Crippen LogP contribution in [0.25, 0.3) is 11.1 Å². The van der Waals surface area contributed by atoms with Crippen molar-refractivity contribution in [3.8, 4) is 11.1 Å². The van der Waals surface area contributed by atoms with E-state index in [1.165, 1.54) is 0 Å². The highest BCUT2D eigenvalue weighted by Gasteiger charge is 2.30. The first-order valence-corrected chi connectivity index (χ1v) is 8.98. The maximum absolute atomic E-state index is 12.7. The normalized spacial score (nSPS) is 15.2. The van der Waals surface area contributed by atoms with Crippen LogP contribution in [-0.4, -0.2) is 29.1 Å². The summed E-state index contributed by atoms with van der Waals surface area (Å²) in [7, 11) is 1.61. The molecule has 3 N–H and O–H groups in total. The first-order valence-electron chi connectivity index (χ1n) is 8.98. The van der Waals surface area contributed by atoms with Crippen molar-refractivity contribution in [2.75, 3.05) is 12.4 Å². The van der Waals surface area contributed by atoms with Crippen molar-refractivity contribution in [2.45, 2.75) is 19.1 Å². The Bertz CT molecular complexity index is 1010. The largest absolute Gasteiger partial charge is 0.378 e. The van der Waals surface area contributed by atoms with Crippen LogP contribution in [0.1, 0.15) is 34.1 Å². The summed E-state index contributed by atoms with van der Waals surface area (Å²) >= 11 is 0. The number of H-pyrrole nitrogens is 1. The summed E-state index contributed by atoms with van der Waals surface area (Å²) in [5.41, 5.74) is 3.97. The predicted octanol–water partition coefficient (Wildman–Crippen LogP) is 3.04. The standard InChI is InChI=1S/C21H20N4O3/c1-28-12-17-19(13-7-3-2-4-8-13)20(25-24-17)23-18(26)11-16-14-9-5-6-10-15(14)21(27)22-16/h2-10,16H,11-12H2,1H3,(H,22,27)(H2,23,24,25,26). The van der Waals surface area contributed by atoms with Crippen LogP contribution in [0.4, 0.5) is 5.82 Å². The van der Waals surface area contributed by atoms with Crippen molar-refractivity contribution >= 4 is 17.6 Å². The number of nitrogens with one attached hydrogen (secondary N) is 3. The number of methoxy groups -OCH3 is 1. The number of aromatic nitrogens is 2. The molecule has 7 heteroatoms. The van der Waals surface area contributed by atoms with E-state index in [-0.39, 0.29) is 24.3 Å². The number of carbonyl (C=O) groups excluding carboxylic acids is 2. The number of ether oxygens (including phenoxy) is 1. The van der Waals surface area contributed by atoms with Gasteiger partial charge in [-0.25, -0.2) is 0 Å². The molecule has 28 heavy (non-hydrogen) atoms. The van der Waals surface area contributed by atoms with Gasteiger partial charge in [-0.2, -0.15) is 5.10 Å². The van der Waals surface area contributed by atoms with Gasteiger partial charge < -0.3 is 15.4 Å². The molecule has 0 spiro atoms. The Hall–Kier alpha value is -3.45. The minimum atomic E-state index is -0.346. The third kappa shape index (κ3) is 3.39. The molecule has 142 valence electrons. The number of hydrogen-bond acceptors (Lipinski definition) is 4. The minimum Gasteiger partial charge on any atom is -0.378 e. The molecule has 3 aromatic rings. The highest BCUT2D eigenvalue weighted by atomic mass is 16.5. The van der Waals surface area contributed by atoms with Crippen LogP contribution in [0.5, 0.6) is 0 Å². The lowest BCUT2D eigenvalue weighted by Crippen LogP contribution is -2.24. The Balaban J connectivity index is 1.55. The first-order chi connectivity index (χ1) is 13.7. The van der Waals surface area contributed by atoms with Crippen molar-refractivity contribution in [3.05, 3.63) is 71.4 Å². The second kappa shape index (κ2) is 7.66. The van der Waals surface area contributed by atoms with Crippen LogP contribution in [0.2, 0.25) is 0 Å². The number of anilines is 1. The molecule has 1 aliphatic heterocycles. The van der Waals surface area contributed by atoms with Gasteiger partial charge in [0.05, 0.1) is 24.8 Å². The Morgan fingerprint density at radius 3 is 2.68 bits per heavy atom. The van der Waals surface area contributed by atoms with E-state index in [1.807, 2.05) is 48.5 Å². The van der Waals surface area contributed by atoms with Crippen molar-refractivity contribution in [3.63, 3.8) is 0 Å². The van der Waals surface area contributed by atoms with Gasteiger partial charge in [0.25, 0.3) is 5.91 Å². The lowest BCUT2D eigenvalue weighted by atomic mass is 10.0. The first kappa shape index (κ1) is 17.9. The molecular weight excluding hydrogens is 356 g/mol. The molecule has 1 aromatic heterocycles. The van der Waals surface area contributed by atoms with Crippen LogP contribution in [0.15, 0.2) is 54.6 Å². The lowest BCUT2D eigenvalue weighted by Gasteiger charge is -2.12. The summed E-state index contributed by atoms with van der Waals surface area (Å²) in [6, 6.07) is 16.6. The summed E-state index contributed by atoms with van der Waals surface area (Å²) in [6.07, 6.45) is 0.128. The molecule has 2 amide bonds. The lowest BCUT2D eigenvalue weighted by molar-refractivity contribution is -0.116. The fourth-order valence-electron chi connectivity index (χ4n) is 3.48. The van der Waals surface area contributed by atoms with E-state index in [0.717, 1.165) is 22.4 Å². The molecule has 0 radical (unpaired) electrons. The van der Waals surface area contributed by atoms with Crippen LogP contribution in [0, 0.1) is 0 Å². The molecule has 0 aliphatic carbocycles. The van der Waals surface area contributed by atoms with E-state index in [4.69, 9.17) is 4.74 Å². The van der Waals surface area contributed by atoms with Crippen LogP contribution in [0.3, 0.4) is 0 Å². The second-order valence-electron chi connectivity index (χ2n) is 6.59. The van der Waals surface area contributed by atoms with Gasteiger partial charge in [-0.15, -0.1) is 0 Å². The van der Waals surface area contributed by atoms with Crippen LogP contribution < -0.4 is 10.6 Å². The van der Waals surface area contributed by atoms with E-state index in [2.05, 4.69) is 20.8 Å². The van der Waals surface area contributed by atoms with E-state index >= 15 is 0 Å². The number of amides is 2. The zero-order valence-electron chi connectivity index (χ0n) is 15.4. The van der Waals surface area contributed by atoms with Gasteiger partial charge in [0, 0.05) is 18.2 Å². The average Bonchev–Trinajstić information content (AvgIpc) is 3.24. The van der Waals surface area contributed by atoms with E-state index < -0.39 is 0 Å². The third-order valence-corrected chi connectivity index (χ3v) is 4.73. The van der Waals surface area contributed by atoms with Crippen LogP contribution in [-0.2, 0) is 16.1 Å². The van der Waals surface area contributed by atoms with Crippen molar-refractivity contribution in [1.29, 1.82) is 0 Å². The molecule has 1 unspecified atom stereocenters. The monoisotopic (exact) mass is 376 g/mol. The SMILES string of the molecule is COCc1[nH]nc(NC(=O)CC2NC(=O)c3ccccc32)c1-c1ccccc1. The number of aromatic amines is 1. The smallest absolute Gasteiger partial charge is 0.252 e. The van der Waals surface area contributed by atoms with Gasteiger partial charge in [-0.05, 0) is 17.2 Å². The fourth-order valence-corrected chi connectivity index (χ4v) is 3.48. The quantitative estimate of drug-likeness (QED) is 0.616. The highest BCUT2D eigenvalue weighted by Crippen LogP contribution is 2.31. The predicted molar refractivity (Wildman–Crippen MR) is 105 cm³/mol. The number of rotatable bonds is 6. The molecule has 7 nitrogen and oxygen atoms in total. The van der Waals surface area contributed by atoms with E-state index in [9.17, 15) is 9.59 Å². The summed E-state index contributed by atoms with van der Waals surface area (Å²) in [6.45, 7) is 0.346. The van der Waals surface area contributed by atoms with Gasteiger partial charge in [-0.1, -0.05) is 48.5 Å². The van der Waals surface area contributed by atoms with Crippen LogP contribution >= 0.6 is 0 Å². The Kier molecular flexibility index (Phi) is 4.90. The Labute approximate surface area is 162 Å². The molecule has 0 bridgehead atoms. The minimum absolute atomic E-state index is 0.128. The van der Waals surface area contributed by atoms with Crippen molar-refractivity contribution in [2.24, 2.45) is 0 Å². The maximum Gasteiger partial charge on any atom is 0.252 e. The Morgan fingerprint density at radius 2 is 1.89 bits per heavy atom. The zero-order valence-corrected chi connectivity index (χ0v) is 15.4. The number of nitrogens with zero attached hydrogens (tertiary/aromatic N) is 1. The fraction of sp³-hybridized carbons (Fsp3) is 0.190. The molecular formula is C21H20N4O3.